The van der Waals surface area contributed by atoms with Crippen LogP contribution in [-0.2, 0) is 21.5 Å². The second kappa shape index (κ2) is 10.9. The molecule has 0 aliphatic rings. The van der Waals surface area contributed by atoms with Crippen molar-refractivity contribution in [3.63, 3.8) is 0 Å². The molecule has 6 heteroatoms. The number of benzene rings is 2. The molecule has 0 aliphatic carbocycles. The fraction of sp³-hybridized carbons (Fsp3) is 0.440. The van der Waals surface area contributed by atoms with Gasteiger partial charge in [-0.05, 0) is 36.5 Å². The first-order chi connectivity index (χ1) is 14.6. The van der Waals surface area contributed by atoms with Crippen molar-refractivity contribution >= 4 is 11.8 Å². The van der Waals surface area contributed by atoms with Gasteiger partial charge in [-0.3, -0.25) is 9.59 Å². The Balaban J connectivity index is 2.22. The summed E-state index contributed by atoms with van der Waals surface area (Å²) in [6.07, 6.45) is 0.784. The van der Waals surface area contributed by atoms with E-state index in [0.717, 1.165) is 12.0 Å². The lowest BCUT2D eigenvalue weighted by atomic mass is 9.86. The molecule has 1 N–H and O–H groups in total. The zero-order valence-corrected chi connectivity index (χ0v) is 19.1. The van der Waals surface area contributed by atoms with Gasteiger partial charge >= 0.3 is 0 Å². The number of carbonyl (C=O) groups is 2. The van der Waals surface area contributed by atoms with Crippen LogP contribution in [0.15, 0.2) is 48.5 Å². The van der Waals surface area contributed by atoms with Gasteiger partial charge in [0.2, 0.25) is 5.91 Å². The molecule has 0 radical (unpaired) electrons. The Morgan fingerprint density at radius 3 is 2.39 bits per heavy atom. The Morgan fingerprint density at radius 1 is 1.10 bits per heavy atom. The van der Waals surface area contributed by atoms with Gasteiger partial charge in [0.1, 0.15) is 17.6 Å². The van der Waals surface area contributed by atoms with E-state index in [9.17, 15) is 14.0 Å². The maximum absolute atomic E-state index is 14.2. The van der Waals surface area contributed by atoms with Crippen molar-refractivity contribution < 1.29 is 18.7 Å². The second-order valence-corrected chi connectivity index (χ2v) is 8.61. The average molecular weight is 429 g/mol. The molecule has 1 atom stereocenters. The lowest BCUT2D eigenvalue weighted by Crippen LogP contribution is -2.49. The van der Waals surface area contributed by atoms with E-state index in [2.05, 4.69) is 26.1 Å². The number of hydrogen-bond donors (Lipinski definition) is 1. The van der Waals surface area contributed by atoms with Crippen molar-refractivity contribution in [1.82, 2.24) is 10.2 Å². The summed E-state index contributed by atoms with van der Waals surface area (Å²) in [6.45, 7) is 10.1. The van der Waals surface area contributed by atoms with Crippen LogP contribution in [-0.4, -0.2) is 35.9 Å². The third-order valence-corrected chi connectivity index (χ3v) is 5.06. The summed E-state index contributed by atoms with van der Waals surface area (Å²) < 4.78 is 20.1. The van der Waals surface area contributed by atoms with Gasteiger partial charge < -0.3 is 15.0 Å². The zero-order valence-electron chi connectivity index (χ0n) is 19.1. The van der Waals surface area contributed by atoms with Crippen LogP contribution < -0.4 is 10.1 Å². The largest absolute Gasteiger partial charge is 0.483 e. The molecule has 0 bridgehead atoms. The summed E-state index contributed by atoms with van der Waals surface area (Å²) in [5, 5.41) is 2.80. The van der Waals surface area contributed by atoms with Crippen LogP contribution in [0.1, 0.15) is 52.2 Å². The summed E-state index contributed by atoms with van der Waals surface area (Å²) in [5.74, 6) is -0.453. The first-order valence-electron chi connectivity index (χ1n) is 10.7. The Labute approximate surface area is 184 Å². The average Bonchev–Trinajstić information content (AvgIpc) is 2.74. The minimum Gasteiger partial charge on any atom is -0.483 e. The van der Waals surface area contributed by atoms with E-state index in [1.54, 1.807) is 25.1 Å². The minimum absolute atomic E-state index is 0.0174. The van der Waals surface area contributed by atoms with Crippen LogP contribution in [0.5, 0.6) is 5.75 Å². The van der Waals surface area contributed by atoms with Crippen LogP contribution >= 0.6 is 0 Å². The van der Waals surface area contributed by atoms with Crippen LogP contribution in [0.3, 0.4) is 0 Å². The third kappa shape index (κ3) is 6.81. The van der Waals surface area contributed by atoms with Crippen molar-refractivity contribution in [2.24, 2.45) is 0 Å². The van der Waals surface area contributed by atoms with E-state index in [0.29, 0.717) is 17.9 Å². The Bertz CT molecular complexity index is 892. The number of ether oxygens (including phenoxy) is 1. The molecule has 2 aromatic carbocycles. The van der Waals surface area contributed by atoms with Gasteiger partial charge in [0, 0.05) is 18.7 Å². The van der Waals surface area contributed by atoms with Gasteiger partial charge in [0.15, 0.2) is 6.61 Å². The maximum atomic E-state index is 14.2. The second-order valence-electron chi connectivity index (χ2n) is 8.61. The van der Waals surface area contributed by atoms with E-state index in [1.807, 2.05) is 31.2 Å². The van der Waals surface area contributed by atoms with E-state index < -0.39 is 11.9 Å². The number of carbonyl (C=O) groups excluding carboxylic acids is 2. The Morgan fingerprint density at radius 2 is 1.74 bits per heavy atom. The van der Waals surface area contributed by atoms with E-state index in [-0.39, 0.29) is 30.4 Å². The van der Waals surface area contributed by atoms with Gasteiger partial charge in [0.05, 0.1) is 0 Å². The lowest BCUT2D eigenvalue weighted by molar-refractivity contribution is -0.142. The van der Waals surface area contributed by atoms with Crippen LogP contribution in [0.4, 0.5) is 4.39 Å². The highest BCUT2D eigenvalue weighted by Crippen LogP contribution is 2.31. The number of amides is 2. The minimum atomic E-state index is -0.764. The first-order valence-corrected chi connectivity index (χ1v) is 10.7. The van der Waals surface area contributed by atoms with Crippen molar-refractivity contribution in [2.75, 3.05) is 13.2 Å². The molecular formula is C25H33FN2O3. The number of halogens is 1. The molecule has 2 aromatic rings. The summed E-state index contributed by atoms with van der Waals surface area (Å²) in [5.41, 5.74) is 1.18. The topological polar surface area (TPSA) is 58.6 Å². The summed E-state index contributed by atoms with van der Waals surface area (Å²) in [6, 6.07) is 13.1. The predicted molar refractivity (Wildman–Crippen MR) is 120 cm³/mol. The normalized spacial score (nSPS) is 12.2. The number of para-hydroxylation sites is 1. The SMILES string of the molecule is CCCNC(=O)C(C)N(Cc1ccccc1F)C(=O)COc1ccccc1C(C)(C)C. The fourth-order valence-electron chi connectivity index (χ4n) is 3.22. The molecule has 2 amide bonds. The molecular weight excluding hydrogens is 395 g/mol. The molecule has 0 aliphatic heterocycles. The Hall–Kier alpha value is -2.89. The number of nitrogens with zero attached hydrogens (tertiary/aromatic N) is 1. The van der Waals surface area contributed by atoms with E-state index >= 15 is 0 Å². The number of rotatable bonds is 9. The molecule has 5 nitrogen and oxygen atoms in total. The van der Waals surface area contributed by atoms with Crippen molar-refractivity contribution in [3.05, 3.63) is 65.5 Å². The highest BCUT2D eigenvalue weighted by molar-refractivity contribution is 5.88. The van der Waals surface area contributed by atoms with Crippen molar-refractivity contribution in [1.29, 1.82) is 0 Å². The quantitative estimate of drug-likeness (QED) is 0.642. The van der Waals surface area contributed by atoms with Crippen molar-refractivity contribution in [3.8, 4) is 5.75 Å². The fourth-order valence-corrected chi connectivity index (χ4v) is 3.22. The van der Waals surface area contributed by atoms with Crippen LogP contribution in [0.2, 0.25) is 0 Å². The molecule has 31 heavy (non-hydrogen) atoms. The molecule has 0 heterocycles. The number of nitrogens with one attached hydrogen (secondary N) is 1. The van der Waals surface area contributed by atoms with Gasteiger partial charge in [-0.1, -0.05) is 64.1 Å². The smallest absolute Gasteiger partial charge is 0.261 e. The predicted octanol–water partition coefficient (Wildman–Crippen LogP) is 4.45. The molecule has 0 saturated heterocycles. The molecule has 0 spiro atoms. The highest BCUT2D eigenvalue weighted by atomic mass is 19.1. The first kappa shape index (κ1) is 24.4. The molecule has 0 fully saturated rings. The summed E-state index contributed by atoms with van der Waals surface area (Å²) in [4.78, 5) is 27.0. The number of hydrogen-bond acceptors (Lipinski definition) is 3. The molecule has 0 saturated carbocycles. The lowest BCUT2D eigenvalue weighted by Gasteiger charge is -2.29. The van der Waals surface area contributed by atoms with E-state index in [4.69, 9.17) is 4.74 Å². The standard InChI is InChI=1S/C25H33FN2O3/c1-6-15-27-24(30)18(2)28(16-19-11-7-9-13-21(19)26)23(29)17-31-22-14-10-8-12-20(22)25(3,4)5/h7-14,18H,6,15-17H2,1-5H3,(H,27,30). The van der Waals surface area contributed by atoms with Gasteiger partial charge in [0.25, 0.3) is 5.91 Å². The summed E-state index contributed by atoms with van der Waals surface area (Å²) >= 11 is 0. The van der Waals surface area contributed by atoms with Gasteiger partial charge in [-0.2, -0.15) is 0 Å². The Kier molecular flexibility index (Phi) is 8.60. The highest BCUT2D eigenvalue weighted by Gasteiger charge is 2.27. The zero-order chi connectivity index (χ0) is 23.0. The third-order valence-electron chi connectivity index (χ3n) is 5.06. The van der Waals surface area contributed by atoms with E-state index in [1.165, 1.54) is 11.0 Å². The molecule has 2 rings (SSSR count). The molecule has 1 unspecified atom stereocenters. The molecule has 168 valence electrons. The van der Waals surface area contributed by atoms with Gasteiger partial charge in [-0.25, -0.2) is 4.39 Å². The summed E-state index contributed by atoms with van der Waals surface area (Å²) in [7, 11) is 0. The monoisotopic (exact) mass is 428 g/mol. The van der Waals surface area contributed by atoms with Crippen molar-refractivity contribution in [2.45, 2.75) is 59.0 Å². The maximum Gasteiger partial charge on any atom is 0.261 e. The molecule has 0 aromatic heterocycles. The van der Waals surface area contributed by atoms with Crippen LogP contribution in [0.25, 0.3) is 0 Å². The van der Waals surface area contributed by atoms with Crippen LogP contribution in [0, 0.1) is 5.82 Å². The van der Waals surface area contributed by atoms with Gasteiger partial charge in [-0.15, -0.1) is 0 Å².